The number of nitrogens with zero attached hydrogens (tertiary/aromatic N) is 3. The number of hydrogen-bond acceptors (Lipinski definition) is 6. The maximum atomic E-state index is 11.9. The van der Waals surface area contributed by atoms with Crippen molar-refractivity contribution in [3.63, 3.8) is 0 Å². The Balaban J connectivity index is 1.66. The van der Waals surface area contributed by atoms with Crippen LogP contribution in [0.15, 0.2) is 12.4 Å². The second kappa shape index (κ2) is 5.76. The van der Waals surface area contributed by atoms with Crippen LogP contribution >= 0.6 is 11.3 Å². The SMILES string of the molecule is CC1(C)OB(c2ncnc3cc(CN4CCCC4=O)sc23)OC1(C)C. The van der Waals surface area contributed by atoms with Gasteiger partial charge in [-0.3, -0.25) is 4.79 Å². The largest absolute Gasteiger partial charge is 0.516 e. The minimum Gasteiger partial charge on any atom is -0.398 e. The summed E-state index contributed by atoms with van der Waals surface area (Å²) in [5.74, 6) is 0.231. The molecular formula is C17H22BN3O3S. The van der Waals surface area contributed by atoms with Gasteiger partial charge in [0, 0.05) is 17.8 Å². The maximum Gasteiger partial charge on any atom is 0.516 e. The first kappa shape index (κ1) is 16.9. The number of rotatable bonds is 3. The van der Waals surface area contributed by atoms with Gasteiger partial charge in [-0.15, -0.1) is 11.3 Å². The molecule has 0 spiro atoms. The second-order valence-electron chi connectivity index (χ2n) is 7.69. The summed E-state index contributed by atoms with van der Waals surface area (Å²) < 4.78 is 13.3. The fourth-order valence-electron chi connectivity index (χ4n) is 3.18. The van der Waals surface area contributed by atoms with Crippen molar-refractivity contribution in [3.05, 3.63) is 17.3 Å². The average Bonchev–Trinajstić information content (AvgIpc) is 3.16. The van der Waals surface area contributed by atoms with Gasteiger partial charge in [-0.05, 0) is 40.2 Å². The monoisotopic (exact) mass is 359 g/mol. The predicted molar refractivity (Wildman–Crippen MR) is 97.8 cm³/mol. The van der Waals surface area contributed by atoms with Crippen LogP contribution in [0.25, 0.3) is 10.2 Å². The highest BCUT2D eigenvalue weighted by molar-refractivity contribution is 7.20. The van der Waals surface area contributed by atoms with Crippen LogP contribution < -0.4 is 5.59 Å². The van der Waals surface area contributed by atoms with E-state index in [2.05, 4.69) is 9.97 Å². The van der Waals surface area contributed by atoms with Crippen LogP contribution in [-0.4, -0.2) is 45.6 Å². The summed E-state index contributed by atoms with van der Waals surface area (Å²) in [6.07, 6.45) is 3.16. The Bertz CT molecular complexity index is 820. The first-order valence-corrected chi connectivity index (χ1v) is 9.45. The summed E-state index contributed by atoms with van der Waals surface area (Å²) in [5.41, 5.74) is 0.840. The Morgan fingerprint density at radius 1 is 1.24 bits per heavy atom. The van der Waals surface area contributed by atoms with Gasteiger partial charge in [-0.1, -0.05) is 0 Å². The molecule has 0 N–H and O–H groups in total. The van der Waals surface area contributed by atoms with Crippen LogP contribution in [0.3, 0.4) is 0 Å². The van der Waals surface area contributed by atoms with E-state index in [0.717, 1.165) is 33.7 Å². The number of hydrogen-bond donors (Lipinski definition) is 0. The van der Waals surface area contributed by atoms with Crippen molar-refractivity contribution in [2.24, 2.45) is 0 Å². The molecule has 0 saturated carbocycles. The smallest absolute Gasteiger partial charge is 0.398 e. The molecule has 0 bridgehead atoms. The molecular weight excluding hydrogens is 337 g/mol. The Kier molecular flexibility index (Phi) is 3.90. The highest BCUT2D eigenvalue weighted by Crippen LogP contribution is 2.37. The van der Waals surface area contributed by atoms with E-state index in [0.29, 0.717) is 13.0 Å². The molecule has 0 aliphatic carbocycles. The molecule has 0 aromatic carbocycles. The van der Waals surface area contributed by atoms with Gasteiger partial charge in [-0.25, -0.2) is 9.97 Å². The summed E-state index contributed by atoms with van der Waals surface area (Å²) >= 11 is 1.62. The van der Waals surface area contributed by atoms with Crippen LogP contribution in [0.1, 0.15) is 45.4 Å². The number of thiophene rings is 1. The minimum atomic E-state index is -0.504. The van der Waals surface area contributed by atoms with Crippen LogP contribution in [0.2, 0.25) is 0 Å². The van der Waals surface area contributed by atoms with Gasteiger partial charge in [0.1, 0.15) is 6.33 Å². The van der Waals surface area contributed by atoms with Crippen molar-refractivity contribution in [2.45, 2.75) is 58.3 Å². The Morgan fingerprint density at radius 2 is 1.96 bits per heavy atom. The lowest BCUT2D eigenvalue weighted by Gasteiger charge is -2.32. The fourth-order valence-corrected chi connectivity index (χ4v) is 4.30. The predicted octanol–water partition coefficient (Wildman–Crippen LogP) is 2.11. The summed E-state index contributed by atoms with van der Waals surface area (Å²) in [5, 5.41) is 0. The Morgan fingerprint density at radius 3 is 2.60 bits per heavy atom. The normalized spacial score (nSPS) is 22.3. The average molecular weight is 359 g/mol. The summed E-state index contributed by atoms with van der Waals surface area (Å²) in [6.45, 7) is 9.61. The number of amides is 1. The molecule has 2 saturated heterocycles. The molecule has 0 unspecified atom stereocenters. The molecule has 4 rings (SSSR count). The Labute approximate surface area is 151 Å². The maximum absolute atomic E-state index is 11.9. The third-order valence-electron chi connectivity index (χ3n) is 5.38. The zero-order chi connectivity index (χ0) is 17.8. The van der Waals surface area contributed by atoms with Gasteiger partial charge in [0.15, 0.2) is 0 Å². The fraction of sp³-hybridized carbons (Fsp3) is 0.588. The van der Waals surface area contributed by atoms with Crippen LogP contribution in [0, 0.1) is 0 Å². The quantitative estimate of drug-likeness (QED) is 0.786. The molecule has 2 aliphatic heterocycles. The molecule has 2 aromatic heterocycles. The van der Waals surface area contributed by atoms with Crippen LogP contribution in [-0.2, 0) is 20.6 Å². The van der Waals surface area contributed by atoms with Crippen molar-refractivity contribution in [1.82, 2.24) is 14.9 Å². The van der Waals surface area contributed by atoms with E-state index < -0.39 is 18.3 Å². The van der Waals surface area contributed by atoms with Gasteiger partial charge in [0.2, 0.25) is 5.91 Å². The molecule has 25 heavy (non-hydrogen) atoms. The van der Waals surface area contributed by atoms with E-state index in [1.165, 1.54) is 0 Å². The lowest BCUT2D eigenvalue weighted by atomic mass is 9.84. The highest BCUT2D eigenvalue weighted by Gasteiger charge is 2.53. The number of carbonyl (C=O) groups excluding carboxylic acids is 1. The lowest BCUT2D eigenvalue weighted by Crippen LogP contribution is -2.41. The molecule has 0 atom stereocenters. The van der Waals surface area contributed by atoms with E-state index in [4.69, 9.17) is 9.31 Å². The Hall–Kier alpha value is -1.51. The molecule has 2 aliphatic rings. The highest BCUT2D eigenvalue weighted by atomic mass is 32.1. The third kappa shape index (κ3) is 2.86. The van der Waals surface area contributed by atoms with Crippen molar-refractivity contribution < 1.29 is 14.1 Å². The summed E-state index contributed by atoms with van der Waals surface area (Å²) in [4.78, 5) is 23.7. The first-order valence-electron chi connectivity index (χ1n) is 8.63. The zero-order valence-corrected chi connectivity index (χ0v) is 15.9. The number of carbonyl (C=O) groups is 1. The summed E-state index contributed by atoms with van der Waals surface area (Å²) in [6, 6.07) is 2.04. The minimum absolute atomic E-state index is 0.231. The van der Waals surface area contributed by atoms with Crippen molar-refractivity contribution in [2.75, 3.05) is 6.54 Å². The number of aromatic nitrogens is 2. The molecule has 2 aromatic rings. The molecule has 6 nitrogen and oxygen atoms in total. The van der Waals surface area contributed by atoms with Gasteiger partial charge in [0.25, 0.3) is 0 Å². The van der Waals surface area contributed by atoms with E-state index in [1.54, 1.807) is 17.7 Å². The van der Waals surface area contributed by atoms with E-state index in [9.17, 15) is 4.79 Å². The first-order chi connectivity index (χ1) is 11.8. The number of likely N-dealkylation sites (tertiary alicyclic amines) is 1. The van der Waals surface area contributed by atoms with Crippen molar-refractivity contribution >= 4 is 40.2 Å². The second-order valence-corrected chi connectivity index (χ2v) is 8.83. The third-order valence-corrected chi connectivity index (χ3v) is 6.52. The summed E-state index contributed by atoms with van der Waals surface area (Å²) in [7, 11) is -0.504. The molecule has 4 heterocycles. The molecule has 0 radical (unpaired) electrons. The van der Waals surface area contributed by atoms with Crippen LogP contribution in [0.5, 0.6) is 0 Å². The standard InChI is InChI=1S/C17H22BN3O3S/c1-16(2)17(3,4)24-18(23-16)15-14-12(19-10-20-15)8-11(25-14)9-21-7-5-6-13(21)22/h8,10H,5-7,9H2,1-4H3. The van der Waals surface area contributed by atoms with Crippen molar-refractivity contribution in [1.29, 1.82) is 0 Å². The number of fused-ring (bicyclic) bond motifs is 1. The molecule has 8 heteroatoms. The van der Waals surface area contributed by atoms with Gasteiger partial charge < -0.3 is 14.2 Å². The van der Waals surface area contributed by atoms with Gasteiger partial charge >= 0.3 is 7.12 Å². The van der Waals surface area contributed by atoms with Crippen LogP contribution in [0.4, 0.5) is 0 Å². The van der Waals surface area contributed by atoms with E-state index in [-0.39, 0.29) is 5.91 Å². The van der Waals surface area contributed by atoms with Gasteiger partial charge in [-0.2, -0.15) is 0 Å². The molecule has 1 amide bonds. The van der Waals surface area contributed by atoms with E-state index >= 15 is 0 Å². The van der Waals surface area contributed by atoms with E-state index in [1.807, 2.05) is 38.7 Å². The van der Waals surface area contributed by atoms with Crippen molar-refractivity contribution in [3.8, 4) is 0 Å². The molecule has 132 valence electrons. The lowest BCUT2D eigenvalue weighted by molar-refractivity contribution is -0.128. The zero-order valence-electron chi connectivity index (χ0n) is 15.0. The topological polar surface area (TPSA) is 64.6 Å². The molecule has 2 fully saturated rings. The van der Waals surface area contributed by atoms with Gasteiger partial charge in [0.05, 0.1) is 33.6 Å².